The highest BCUT2D eigenvalue weighted by Crippen LogP contribution is 2.48. The minimum absolute atomic E-state index is 0.0685. The Morgan fingerprint density at radius 2 is 1.85 bits per heavy atom. The summed E-state index contributed by atoms with van der Waals surface area (Å²) in [4.78, 5) is 30.8. The Morgan fingerprint density at radius 3 is 2.55 bits per heavy atom. The van der Waals surface area contributed by atoms with E-state index in [1.54, 1.807) is 31.8 Å². The van der Waals surface area contributed by atoms with Gasteiger partial charge in [-0.1, -0.05) is 6.07 Å². The zero-order valence-electron chi connectivity index (χ0n) is 18.5. The second-order valence-corrected chi connectivity index (χ2v) is 8.94. The van der Waals surface area contributed by atoms with Crippen molar-refractivity contribution in [2.24, 2.45) is 0 Å². The molecule has 3 aliphatic heterocycles. The van der Waals surface area contributed by atoms with Gasteiger partial charge in [-0.25, -0.2) is 9.97 Å². The van der Waals surface area contributed by atoms with E-state index < -0.39 is 0 Å². The van der Waals surface area contributed by atoms with E-state index in [1.165, 1.54) is 5.56 Å². The predicted molar refractivity (Wildman–Crippen MR) is 123 cm³/mol. The molecule has 2 aromatic heterocycles. The third kappa shape index (κ3) is 3.33. The lowest BCUT2D eigenvalue weighted by Gasteiger charge is -2.38. The maximum atomic E-state index is 13.0. The van der Waals surface area contributed by atoms with Crippen LogP contribution in [-0.4, -0.2) is 65.7 Å². The monoisotopic (exact) mass is 443 g/mol. The minimum atomic E-state index is -0.0685. The molecule has 0 saturated carbocycles. The van der Waals surface area contributed by atoms with Crippen molar-refractivity contribution in [1.82, 2.24) is 19.9 Å². The van der Waals surface area contributed by atoms with E-state index in [4.69, 9.17) is 9.47 Å². The molecule has 8 nitrogen and oxygen atoms in total. The number of methoxy groups -OCH3 is 1. The Morgan fingerprint density at radius 1 is 1.06 bits per heavy atom. The van der Waals surface area contributed by atoms with Crippen molar-refractivity contribution in [2.45, 2.75) is 18.3 Å². The number of carbonyl (C=O) groups excluding carboxylic acids is 1. The van der Waals surface area contributed by atoms with Gasteiger partial charge in [-0.3, -0.25) is 9.78 Å². The highest BCUT2D eigenvalue weighted by Gasteiger charge is 2.49. The van der Waals surface area contributed by atoms with Crippen molar-refractivity contribution in [2.75, 3.05) is 44.9 Å². The van der Waals surface area contributed by atoms with Crippen LogP contribution in [0.25, 0.3) is 11.3 Å². The average Bonchev–Trinajstić information content (AvgIpc) is 3.50. The minimum Gasteiger partial charge on any atom is -0.497 e. The van der Waals surface area contributed by atoms with Gasteiger partial charge in [-0.2, -0.15) is 0 Å². The summed E-state index contributed by atoms with van der Waals surface area (Å²) >= 11 is 0. The first kappa shape index (κ1) is 20.1. The lowest BCUT2D eigenvalue weighted by Crippen LogP contribution is -2.49. The van der Waals surface area contributed by atoms with Crippen LogP contribution in [-0.2, 0) is 10.2 Å². The molecule has 1 spiro atoms. The first-order valence-electron chi connectivity index (χ1n) is 11.3. The van der Waals surface area contributed by atoms with E-state index in [0.29, 0.717) is 19.2 Å². The van der Waals surface area contributed by atoms with Gasteiger partial charge >= 0.3 is 0 Å². The van der Waals surface area contributed by atoms with E-state index in [0.717, 1.165) is 60.7 Å². The zero-order chi connectivity index (χ0) is 22.4. The van der Waals surface area contributed by atoms with Gasteiger partial charge in [-0.15, -0.1) is 0 Å². The summed E-state index contributed by atoms with van der Waals surface area (Å²) in [7, 11) is 1.63. The lowest BCUT2D eigenvalue weighted by molar-refractivity contribution is -0.0507. The molecule has 1 amide bonds. The van der Waals surface area contributed by atoms with Crippen LogP contribution in [0.3, 0.4) is 0 Å². The number of hydrogen-bond acceptors (Lipinski definition) is 7. The van der Waals surface area contributed by atoms with Gasteiger partial charge in [0.2, 0.25) is 5.95 Å². The molecule has 1 aromatic carbocycles. The van der Waals surface area contributed by atoms with Gasteiger partial charge in [-0.05, 0) is 36.6 Å². The van der Waals surface area contributed by atoms with Crippen molar-refractivity contribution in [3.05, 3.63) is 60.0 Å². The molecule has 33 heavy (non-hydrogen) atoms. The van der Waals surface area contributed by atoms with Crippen LogP contribution in [0.4, 0.5) is 11.6 Å². The van der Waals surface area contributed by atoms with Crippen molar-refractivity contribution in [3.63, 3.8) is 0 Å². The molecule has 3 aromatic rings. The molecule has 168 valence electrons. The quantitative estimate of drug-likeness (QED) is 0.613. The first-order chi connectivity index (χ1) is 16.2. The van der Waals surface area contributed by atoms with Crippen molar-refractivity contribution < 1.29 is 14.3 Å². The van der Waals surface area contributed by atoms with Crippen molar-refractivity contribution in [3.8, 4) is 17.0 Å². The first-order valence-corrected chi connectivity index (χ1v) is 11.3. The number of aromatic nitrogens is 3. The van der Waals surface area contributed by atoms with Gasteiger partial charge < -0.3 is 19.3 Å². The smallest absolute Gasteiger partial charge is 0.253 e. The highest BCUT2D eigenvalue weighted by atomic mass is 16.5. The Kier molecular flexibility index (Phi) is 4.76. The Bertz CT molecular complexity index is 1200. The maximum absolute atomic E-state index is 13.0. The van der Waals surface area contributed by atoms with E-state index >= 15 is 0 Å². The number of hydrogen-bond donors (Lipinski definition) is 0. The van der Waals surface area contributed by atoms with Gasteiger partial charge in [0.1, 0.15) is 5.75 Å². The lowest BCUT2D eigenvalue weighted by atomic mass is 9.80. The summed E-state index contributed by atoms with van der Waals surface area (Å²) in [6.45, 7) is 3.74. The number of likely N-dealkylation sites (tertiary alicyclic amines) is 1. The topological polar surface area (TPSA) is 80.7 Å². The van der Waals surface area contributed by atoms with Crippen LogP contribution >= 0.6 is 0 Å². The standard InChI is InChI=1S/C25H25N5O3/c1-32-19-6-7-26-21(11-19)18-12-27-24(28-13-18)30-14-25(15-33-16-25)20-5-4-17(10-22(20)30)23(31)29-8-2-3-9-29/h4-7,10-13H,2-3,8-9,14-16H2,1H3. The van der Waals surface area contributed by atoms with Crippen LogP contribution in [0.5, 0.6) is 5.75 Å². The van der Waals surface area contributed by atoms with Gasteiger partial charge in [0.05, 0.1) is 31.4 Å². The number of anilines is 2. The summed E-state index contributed by atoms with van der Waals surface area (Å²) in [5.74, 6) is 1.44. The number of nitrogens with zero attached hydrogens (tertiary/aromatic N) is 5. The predicted octanol–water partition coefficient (Wildman–Crippen LogP) is 3.20. The van der Waals surface area contributed by atoms with Gasteiger partial charge in [0.15, 0.2) is 0 Å². The Balaban J connectivity index is 1.34. The fourth-order valence-electron chi connectivity index (χ4n) is 4.97. The number of ether oxygens (including phenoxy) is 2. The van der Waals surface area contributed by atoms with Crippen LogP contribution in [0.2, 0.25) is 0 Å². The molecule has 2 saturated heterocycles. The SMILES string of the molecule is COc1ccnc(-c2cnc(N3CC4(COC4)c4ccc(C(=O)N5CCCC5)cc43)nc2)c1. The maximum Gasteiger partial charge on any atom is 0.253 e. The van der Waals surface area contributed by atoms with E-state index in [2.05, 4.69) is 25.9 Å². The average molecular weight is 444 g/mol. The van der Waals surface area contributed by atoms with Crippen molar-refractivity contribution >= 4 is 17.5 Å². The molecular formula is C25H25N5O3. The zero-order valence-corrected chi connectivity index (χ0v) is 18.5. The van der Waals surface area contributed by atoms with Crippen LogP contribution < -0.4 is 9.64 Å². The molecule has 0 bridgehead atoms. The van der Waals surface area contributed by atoms with Gasteiger partial charge in [0.25, 0.3) is 5.91 Å². The number of rotatable bonds is 4. The van der Waals surface area contributed by atoms with Crippen LogP contribution in [0, 0.1) is 0 Å². The largest absolute Gasteiger partial charge is 0.497 e. The number of amides is 1. The van der Waals surface area contributed by atoms with E-state index in [9.17, 15) is 4.79 Å². The summed E-state index contributed by atoms with van der Waals surface area (Å²) in [5.41, 5.74) is 4.42. The Hall–Kier alpha value is -3.52. The van der Waals surface area contributed by atoms with E-state index in [1.807, 2.05) is 23.1 Å². The third-order valence-corrected chi connectivity index (χ3v) is 6.86. The normalized spacial score (nSPS) is 18.3. The number of benzene rings is 1. The molecule has 2 fully saturated rings. The van der Waals surface area contributed by atoms with Crippen molar-refractivity contribution in [1.29, 1.82) is 0 Å². The number of fused-ring (bicyclic) bond motifs is 2. The molecule has 5 heterocycles. The highest BCUT2D eigenvalue weighted by molar-refractivity contribution is 5.96. The molecule has 8 heteroatoms. The molecule has 0 unspecified atom stereocenters. The fraction of sp³-hybridized carbons (Fsp3) is 0.360. The summed E-state index contributed by atoms with van der Waals surface area (Å²) in [6.07, 6.45) is 7.42. The van der Waals surface area contributed by atoms with Crippen LogP contribution in [0.1, 0.15) is 28.8 Å². The molecular weight excluding hydrogens is 418 g/mol. The second kappa shape index (κ2) is 7.81. The van der Waals surface area contributed by atoms with E-state index in [-0.39, 0.29) is 11.3 Å². The second-order valence-electron chi connectivity index (χ2n) is 8.94. The Labute approximate surface area is 192 Å². The fourth-order valence-corrected chi connectivity index (χ4v) is 4.97. The number of pyridine rings is 1. The molecule has 0 radical (unpaired) electrons. The van der Waals surface area contributed by atoms with Crippen LogP contribution in [0.15, 0.2) is 48.9 Å². The summed E-state index contributed by atoms with van der Waals surface area (Å²) in [5, 5.41) is 0. The molecule has 3 aliphatic rings. The number of carbonyl (C=O) groups is 1. The molecule has 0 N–H and O–H groups in total. The molecule has 0 aliphatic carbocycles. The molecule has 0 atom stereocenters. The summed E-state index contributed by atoms with van der Waals surface area (Å²) < 4.78 is 10.9. The summed E-state index contributed by atoms with van der Waals surface area (Å²) in [6, 6.07) is 9.72. The third-order valence-electron chi connectivity index (χ3n) is 6.86. The molecule has 6 rings (SSSR count). The van der Waals surface area contributed by atoms with Gasteiger partial charge in [0, 0.05) is 61.1 Å².